The van der Waals surface area contributed by atoms with Gasteiger partial charge in [0.05, 0.1) is 6.10 Å². The van der Waals surface area contributed by atoms with Crippen LogP contribution >= 0.6 is 11.8 Å². The molecule has 112 valence electrons. The Bertz CT molecular complexity index is 237. The van der Waals surface area contributed by atoms with Crippen molar-refractivity contribution in [1.29, 1.82) is 0 Å². The molecule has 3 heteroatoms. The van der Waals surface area contributed by atoms with Crippen LogP contribution in [-0.4, -0.2) is 28.3 Å². The Morgan fingerprint density at radius 3 is 2.16 bits per heavy atom. The first-order valence-corrected chi connectivity index (χ1v) is 9.36. The van der Waals surface area contributed by atoms with Crippen molar-refractivity contribution >= 4 is 11.8 Å². The van der Waals surface area contributed by atoms with Gasteiger partial charge in [-0.15, -0.1) is 0 Å². The molecule has 2 aliphatic carbocycles. The third-order valence-corrected chi connectivity index (χ3v) is 6.36. The van der Waals surface area contributed by atoms with Crippen LogP contribution in [0.1, 0.15) is 70.6 Å². The number of aliphatic hydroxyl groups excluding tert-OH is 1. The van der Waals surface area contributed by atoms with Gasteiger partial charge in [-0.05, 0) is 25.2 Å². The minimum atomic E-state index is -0.297. The van der Waals surface area contributed by atoms with Crippen LogP contribution in [-0.2, 0) is 0 Å². The Hall–Kier alpha value is 0.270. The first-order valence-electron chi connectivity index (χ1n) is 8.31. The second-order valence-corrected chi connectivity index (χ2v) is 7.90. The molecular formula is C16H31NOS. The summed E-state index contributed by atoms with van der Waals surface area (Å²) in [5.41, 5.74) is 6.20. The molecule has 2 nitrogen and oxygen atoms in total. The average molecular weight is 285 g/mol. The summed E-state index contributed by atoms with van der Waals surface area (Å²) in [6.45, 7) is 0. The van der Waals surface area contributed by atoms with Crippen molar-refractivity contribution in [3.05, 3.63) is 0 Å². The van der Waals surface area contributed by atoms with Gasteiger partial charge in [-0.1, -0.05) is 51.4 Å². The number of nitrogens with two attached hydrogens (primary N) is 1. The van der Waals surface area contributed by atoms with Crippen molar-refractivity contribution in [3.63, 3.8) is 0 Å². The predicted octanol–water partition coefficient (Wildman–Crippen LogP) is 3.71. The summed E-state index contributed by atoms with van der Waals surface area (Å²) in [5, 5.41) is 11.0. The highest BCUT2D eigenvalue weighted by Gasteiger charge is 2.23. The number of hydrogen-bond donors (Lipinski definition) is 2. The highest BCUT2D eigenvalue weighted by Crippen LogP contribution is 2.30. The standard InChI is InChI=1S/C16H31NOS/c17-15(11-13-7-3-1-4-8-13)16(18)12-19-14-9-5-2-6-10-14/h13-16,18H,1-12,17H2. The number of thioether (sulfide) groups is 1. The lowest BCUT2D eigenvalue weighted by molar-refractivity contribution is 0.147. The van der Waals surface area contributed by atoms with Gasteiger partial charge < -0.3 is 10.8 Å². The highest BCUT2D eigenvalue weighted by atomic mass is 32.2. The molecule has 0 bridgehead atoms. The van der Waals surface area contributed by atoms with Gasteiger partial charge in [0.25, 0.3) is 0 Å². The first kappa shape index (κ1) is 15.7. The van der Waals surface area contributed by atoms with E-state index >= 15 is 0 Å². The molecule has 0 aromatic carbocycles. The third-order valence-electron chi connectivity index (χ3n) is 4.88. The SMILES string of the molecule is NC(CC1CCCCC1)C(O)CSC1CCCCC1. The molecular weight excluding hydrogens is 254 g/mol. The molecule has 2 saturated carbocycles. The molecule has 2 rings (SSSR count). The molecule has 0 aromatic heterocycles. The zero-order valence-electron chi connectivity index (χ0n) is 12.2. The maximum atomic E-state index is 10.2. The summed E-state index contributed by atoms with van der Waals surface area (Å²) in [5.74, 6) is 1.62. The Balaban J connectivity index is 1.62. The predicted molar refractivity (Wildman–Crippen MR) is 84.5 cm³/mol. The molecule has 0 amide bonds. The van der Waals surface area contributed by atoms with Gasteiger partial charge in [-0.3, -0.25) is 0 Å². The summed E-state index contributed by atoms with van der Waals surface area (Å²) in [7, 11) is 0. The van der Waals surface area contributed by atoms with Gasteiger partial charge in [-0.25, -0.2) is 0 Å². The minimum absolute atomic E-state index is 0.000749. The van der Waals surface area contributed by atoms with E-state index in [4.69, 9.17) is 5.73 Å². The van der Waals surface area contributed by atoms with Gasteiger partial charge in [0.15, 0.2) is 0 Å². The molecule has 0 aromatic rings. The van der Waals surface area contributed by atoms with Crippen LogP contribution in [0.2, 0.25) is 0 Å². The van der Waals surface area contributed by atoms with Gasteiger partial charge >= 0.3 is 0 Å². The van der Waals surface area contributed by atoms with Gasteiger partial charge in [-0.2, -0.15) is 11.8 Å². The number of hydrogen-bond acceptors (Lipinski definition) is 3. The molecule has 3 N–H and O–H groups in total. The van der Waals surface area contributed by atoms with E-state index in [0.717, 1.165) is 23.3 Å². The van der Waals surface area contributed by atoms with Crippen molar-refractivity contribution in [2.75, 3.05) is 5.75 Å². The molecule has 0 saturated heterocycles. The fourth-order valence-electron chi connectivity index (χ4n) is 3.55. The maximum Gasteiger partial charge on any atom is 0.0781 e. The van der Waals surface area contributed by atoms with E-state index in [2.05, 4.69) is 0 Å². The van der Waals surface area contributed by atoms with Gasteiger partial charge in [0.1, 0.15) is 0 Å². The van der Waals surface area contributed by atoms with Crippen LogP contribution in [0.5, 0.6) is 0 Å². The fourth-order valence-corrected chi connectivity index (χ4v) is 4.94. The van der Waals surface area contributed by atoms with Gasteiger partial charge in [0, 0.05) is 17.0 Å². The summed E-state index contributed by atoms with van der Waals surface area (Å²) < 4.78 is 0. The Kier molecular flexibility index (Phi) is 7.03. The molecule has 2 unspecified atom stereocenters. The van der Waals surface area contributed by atoms with Crippen molar-refractivity contribution < 1.29 is 5.11 Å². The van der Waals surface area contributed by atoms with Crippen molar-refractivity contribution in [3.8, 4) is 0 Å². The maximum absolute atomic E-state index is 10.2. The minimum Gasteiger partial charge on any atom is -0.391 e. The van der Waals surface area contributed by atoms with Crippen molar-refractivity contribution in [2.24, 2.45) is 11.7 Å². The summed E-state index contributed by atoms with van der Waals surface area (Å²) in [6.07, 6.45) is 14.4. The van der Waals surface area contributed by atoms with Crippen LogP contribution in [0.25, 0.3) is 0 Å². The molecule has 0 spiro atoms. The average Bonchev–Trinajstić information content (AvgIpc) is 2.47. The van der Waals surface area contributed by atoms with Crippen molar-refractivity contribution in [2.45, 2.75) is 88.0 Å². The van der Waals surface area contributed by atoms with E-state index in [-0.39, 0.29) is 12.1 Å². The van der Waals surface area contributed by atoms with E-state index in [0.29, 0.717) is 0 Å². The van der Waals surface area contributed by atoms with Crippen LogP contribution in [0, 0.1) is 5.92 Å². The fraction of sp³-hybridized carbons (Fsp3) is 1.00. The van der Waals surface area contributed by atoms with E-state index in [1.807, 2.05) is 11.8 Å². The Labute approximate surface area is 122 Å². The number of rotatable bonds is 6. The monoisotopic (exact) mass is 285 g/mol. The van der Waals surface area contributed by atoms with Crippen LogP contribution in [0.3, 0.4) is 0 Å². The largest absolute Gasteiger partial charge is 0.391 e. The van der Waals surface area contributed by atoms with Gasteiger partial charge in [0.2, 0.25) is 0 Å². The quantitative estimate of drug-likeness (QED) is 0.782. The normalized spacial score (nSPS) is 26.2. The highest BCUT2D eigenvalue weighted by molar-refractivity contribution is 7.99. The topological polar surface area (TPSA) is 46.2 Å². The lowest BCUT2D eigenvalue weighted by atomic mass is 9.84. The first-order chi connectivity index (χ1) is 9.25. The van der Waals surface area contributed by atoms with Crippen LogP contribution in [0.4, 0.5) is 0 Å². The smallest absolute Gasteiger partial charge is 0.0781 e. The van der Waals surface area contributed by atoms with Crippen LogP contribution < -0.4 is 5.73 Å². The molecule has 2 atom stereocenters. The molecule has 2 aliphatic rings. The van der Waals surface area contributed by atoms with Crippen LogP contribution in [0.15, 0.2) is 0 Å². The Morgan fingerprint density at radius 2 is 1.53 bits per heavy atom. The molecule has 0 aliphatic heterocycles. The van der Waals surface area contributed by atoms with Crippen molar-refractivity contribution in [1.82, 2.24) is 0 Å². The summed E-state index contributed by atoms with van der Waals surface area (Å²) >= 11 is 1.97. The molecule has 0 radical (unpaired) electrons. The van der Waals surface area contributed by atoms with E-state index in [1.165, 1.54) is 64.2 Å². The molecule has 2 fully saturated rings. The van der Waals surface area contributed by atoms with E-state index in [9.17, 15) is 5.11 Å². The van der Waals surface area contributed by atoms with E-state index in [1.54, 1.807) is 0 Å². The zero-order chi connectivity index (χ0) is 13.5. The summed E-state index contributed by atoms with van der Waals surface area (Å²) in [4.78, 5) is 0. The Morgan fingerprint density at radius 1 is 0.947 bits per heavy atom. The lowest BCUT2D eigenvalue weighted by Crippen LogP contribution is -2.38. The van der Waals surface area contributed by atoms with E-state index < -0.39 is 0 Å². The molecule has 19 heavy (non-hydrogen) atoms. The summed E-state index contributed by atoms with van der Waals surface area (Å²) in [6, 6.07) is -0.000749. The second-order valence-electron chi connectivity index (χ2n) is 6.56. The zero-order valence-corrected chi connectivity index (χ0v) is 13.0. The second kappa shape index (κ2) is 8.53. The third kappa shape index (κ3) is 5.65. The molecule has 0 heterocycles. The number of aliphatic hydroxyl groups is 1. The lowest BCUT2D eigenvalue weighted by Gasteiger charge is -2.28.